The molecule has 0 amide bonds. The van der Waals surface area contributed by atoms with Gasteiger partial charge in [0.05, 0.1) is 10.5 Å². The van der Waals surface area contributed by atoms with Gasteiger partial charge in [0.25, 0.3) is 0 Å². The number of hydrogen-bond donors (Lipinski definition) is 1. The molecule has 80 valence electrons. The molecule has 0 aliphatic heterocycles. The van der Waals surface area contributed by atoms with E-state index in [1.807, 2.05) is 13.8 Å². The Hall–Kier alpha value is -1.58. The molecule has 4 nitrogen and oxygen atoms in total. The lowest BCUT2D eigenvalue weighted by Crippen LogP contribution is -1.99. The molecule has 0 aliphatic rings. The zero-order valence-electron chi connectivity index (χ0n) is 9.07. The van der Waals surface area contributed by atoms with E-state index in [1.165, 1.54) is 26.0 Å². The SMILES string of the molecule is C=C/C=C(O)\C(C)=C(/C)[N+](=O)[O-].CC. The van der Waals surface area contributed by atoms with Crippen molar-refractivity contribution < 1.29 is 10.0 Å². The van der Waals surface area contributed by atoms with Crippen LogP contribution in [-0.4, -0.2) is 10.0 Å². The van der Waals surface area contributed by atoms with Crippen LogP contribution in [-0.2, 0) is 0 Å². The minimum Gasteiger partial charge on any atom is -0.507 e. The normalized spacial score (nSPS) is 12.1. The third-order valence-electron chi connectivity index (χ3n) is 1.48. The van der Waals surface area contributed by atoms with Gasteiger partial charge in [0, 0.05) is 6.92 Å². The highest BCUT2D eigenvalue weighted by molar-refractivity contribution is 5.27. The summed E-state index contributed by atoms with van der Waals surface area (Å²) < 4.78 is 0. The van der Waals surface area contributed by atoms with E-state index < -0.39 is 4.92 Å². The summed E-state index contributed by atoms with van der Waals surface area (Å²) in [5.74, 6) is -0.126. The van der Waals surface area contributed by atoms with E-state index >= 15 is 0 Å². The Morgan fingerprint density at radius 3 is 2.14 bits per heavy atom. The largest absolute Gasteiger partial charge is 0.507 e. The summed E-state index contributed by atoms with van der Waals surface area (Å²) in [7, 11) is 0. The monoisotopic (exact) mass is 199 g/mol. The Bertz CT molecular complexity index is 265. The summed E-state index contributed by atoms with van der Waals surface area (Å²) in [5, 5.41) is 19.4. The summed E-state index contributed by atoms with van der Waals surface area (Å²) in [4.78, 5) is 9.69. The van der Waals surface area contributed by atoms with Gasteiger partial charge in [-0.2, -0.15) is 0 Å². The maximum Gasteiger partial charge on any atom is 0.249 e. The molecule has 0 radical (unpaired) electrons. The first kappa shape index (κ1) is 14.9. The predicted octanol–water partition coefficient (Wildman–Crippen LogP) is 3.21. The van der Waals surface area contributed by atoms with Crippen molar-refractivity contribution in [2.75, 3.05) is 0 Å². The molecule has 0 aromatic heterocycles. The highest BCUT2D eigenvalue weighted by Gasteiger charge is 2.10. The van der Waals surface area contributed by atoms with E-state index in [0.717, 1.165) is 0 Å². The van der Waals surface area contributed by atoms with E-state index in [0.29, 0.717) is 0 Å². The van der Waals surface area contributed by atoms with Gasteiger partial charge in [-0.05, 0) is 13.0 Å². The van der Waals surface area contributed by atoms with Crippen LogP contribution < -0.4 is 0 Å². The zero-order chi connectivity index (χ0) is 11.7. The molecular formula is C10H17NO3. The maximum absolute atomic E-state index is 10.2. The van der Waals surface area contributed by atoms with Crippen LogP contribution in [0.25, 0.3) is 0 Å². The molecule has 0 spiro atoms. The molecule has 0 unspecified atom stereocenters. The Morgan fingerprint density at radius 2 is 1.86 bits per heavy atom. The summed E-state index contributed by atoms with van der Waals surface area (Å²) in [6.07, 6.45) is 2.67. The second-order valence-electron chi connectivity index (χ2n) is 2.26. The van der Waals surface area contributed by atoms with Gasteiger partial charge in [-0.1, -0.05) is 26.5 Å². The zero-order valence-corrected chi connectivity index (χ0v) is 9.07. The fourth-order valence-corrected chi connectivity index (χ4v) is 0.559. The van der Waals surface area contributed by atoms with Crippen LogP contribution in [0, 0.1) is 10.1 Å². The van der Waals surface area contributed by atoms with Gasteiger partial charge in [0.2, 0.25) is 5.70 Å². The first-order chi connectivity index (χ1) is 6.50. The fourth-order valence-electron chi connectivity index (χ4n) is 0.559. The topological polar surface area (TPSA) is 63.4 Å². The molecule has 0 aromatic carbocycles. The third kappa shape index (κ3) is 5.13. The molecule has 0 bridgehead atoms. The van der Waals surface area contributed by atoms with Gasteiger partial charge in [-0.3, -0.25) is 10.1 Å². The Balaban J connectivity index is 0. The van der Waals surface area contributed by atoms with Crippen molar-refractivity contribution in [2.24, 2.45) is 0 Å². The van der Waals surface area contributed by atoms with Crippen LogP contribution in [0.3, 0.4) is 0 Å². The molecule has 0 saturated heterocycles. The van der Waals surface area contributed by atoms with E-state index in [1.54, 1.807) is 0 Å². The lowest BCUT2D eigenvalue weighted by atomic mass is 10.2. The summed E-state index contributed by atoms with van der Waals surface area (Å²) >= 11 is 0. The molecule has 1 N–H and O–H groups in total. The van der Waals surface area contributed by atoms with Crippen molar-refractivity contribution in [1.82, 2.24) is 0 Å². The second-order valence-corrected chi connectivity index (χ2v) is 2.26. The van der Waals surface area contributed by atoms with Crippen LogP contribution in [0.2, 0.25) is 0 Å². The first-order valence-electron chi connectivity index (χ1n) is 4.34. The van der Waals surface area contributed by atoms with Crippen LogP contribution in [0.1, 0.15) is 27.7 Å². The van der Waals surface area contributed by atoms with Crippen molar-refractivity contribution in [3.63, 3.8) is 0 Å². The number of allylic oxidation sites excluding steroid dienone is 4. The minimum atomic E-state index is -0.539. The molecule has 4 heteroatoms. The molecular weight excluding hydrogens is 182 g/mol. The Kier molecular flexibility index (Phi) is 8.57. The average molecular weight is 199 g/mol. The standard InChI is InChI=1S/C8H11NO3.C2H6/c1-4-5-8(10)6(2)7(3)9(11)12;1-2/h4-5,10H,1H2,2-3H3;1-2H3/b7-6+,8-5+;. The number of nitro groups is 1. The summed E-state index contributed by atoms with van der Waals surface area (Å²) in [6.45, 7) is 10.2. The van der Waals surface area contributed by atoms with Gasteiger partial charge in [-0.25, -0.2) is 0 Å². The summed E-state index contributed by atoms with van der Waals surface area (Å²) in [5.41, 5.74) is 0.186. The number of hydrogen-bond acceptors (Lipinski definition) is 3. The van der Waals surface area contributed by atoms with Crippen molar-refractivity contribution in [3.8, 4) is 0 Å². The predicted molar refractivity (Wildman–Crippen MR) is 57.6 cm³/mol. The van der Waals surface area contributed by atoms with Crippen LogP contribution >= 0.6 is 0 Å². The van der Waals surface area contributed by atoms with Crippen molar-refractivity contribution in [3.05, 3.63) is 45.9 Å². The van der Waals surface area contributed by atoms with Crippen LogP contribution in [0.4, 0.5) is 0 Å². The van der Waals surface area contributed by atoms with Crippen molar-refractivity contribution in [1.29, 1.82) is 0 Å². The molecule has 0 saturated carbocycles. The maximum atomic E-state index is 10.2. The number of rotatable bonds is 3. The van der Waals surface area contributed by atoms with E-state index in [2.05, 4.69) is 6.58 Å². The fraction of sp³-hybridized carbons (Fsp3) is 0.400. The third-order valence-corrected chi connectivity index (χ3v) is 1.48. The minimum absolute atomic E-state index is 0.0643. The lowest BCUT2D eigenvalue weighted by Gasteiger charge is -1.98. The molecule has 0 aromatic rings. The highest BCUT2D eigenvalue weighted by atomic mass is 16.6. The highest BCUT2D eigenvalue weighted by Crippen LogP contribution is 2.11. The van der Waals surface area contributed by atoms with Gasteiger partial charge >= 0.3 is 0 Å². The lowest BCUT2D eigenvalue weighted by molar-refractivity contribution is -0.425. The van der Waals surface area contributed by atoms with Crippen molar-refractivity contribution >= 4 is 0 Å². The second kappa shape index (κ2) is 8.04. The molecule has 0 atom stereocenters. The quantitative estimate of drug-likeness (QED) is 0.328. The van der Waals surface area contributed by atoms with Gasteiger partial charge < -0.3 is 5.11 Å². The molecule has 14 heavy (non-hydrogen) atoms. The molecule has 0 rings (SSSR count). The molecule has 0 heterocycles. The Labute approximate surface area is 84.4 Å². The molecule has 0 fully saturated rings. The smallest absolute Gasteiger partial charge is 0.249 e. The van der Waals surface area contributed by atoms with Gasteiger partial charge in [0.1, 0.15) is 5.76 Å². The van der Waals surface area contributed by atoms with E-state index in [-0.39, 0.29) is 17.0 Å². The first-order valence-corrected chi connectivity index (χ1v) is 4.34. The van der Waals surface area contributed by atoms with E-state index in [9.17, 15) is 10.1 Å². The summed E-state index contributed by atoms with van der Waals surface area (Å²) in [6, 6.07) is 0. The molecule has 0 aliphatic carbocycles. The van der Waals surface area contributed by atoms with Crippen LogP contribution in [0.5, 0.6) is 0 Å². The Morgan fingerprint density at radius 1 is 1.43 bits per heavy atom. The van der Waals surface area contributed by atoms with E-state index in [4.69, 9.17) is 5.11 Å². The van der Waals surface area contributed by atoms with Gasteiger partial charge in [0.15, 0.2) is 0 Å². The van der Waals surface area contributed by atoms with Crippen LogP contribution in [0.15, 0.2) is 35.8 Å². The number of nitrogens with zero attached hydrogens (tertiary/aromatic N) is 1. The van der Waals surface area contributed by atoms with Gasteiger partial charge in [-0.15, -0.1) is 0 Å². The number of aliphatic hydroxyl groups excluding tert-OH is 1. The van der Waals surface area contributed by atoms with Crippen molar-refractivity contribution in [2.45, 2.75) is 27.7 Å². The number of aliphatic hydroxyl groups is 1. The average Bonchev–Trinajstić information content (AvgIpc) is 2.19.